The molecule has 1 aromatic rings. The van der Waals surface area contributed by atoms with Crippen molar-refractivity contribution >= 4 is 17.7 Å². The van der Waals surface area contributed by atoms with Gasteiger partial charge in [-0.25, -0.2) is 0 Å². The van der Waals surface area contributed by atoms with E-state index in [0.29, 0.717) is 24.1 Å². The highest BCUT2D eigenvalue weighted by molar-refractivity contribution is 6.05. The van der Waals surface area contributed by atoms with E-state index >= 15 is 0 Å². The number of unbranched alkanes of at least 4 members (excludes halogenated alkanes) is 4. The number of carbonyl (C=O) groups excluding carboxylic acids is 3. The highest BCUT2D eigenvalue weighted by Gasteiger charge is 2.86. The topological polar surface area (TPSA) is 78.5 Å². The van der Waals surface area contributed by atoms with Crippen molar-refractivity contribution in [2.75, 3.05) is 6.54 Å². The van der Waals surface area contributed by atoms with Gasteiger partial charge in [-0.3, -0.25) is 19.7 Å². The molecule has 1 spiro atoms. The Morgan fingerprint density at radius 3 is 2.72 bits per heavy atom. The minimum absolute atomic E-state index is 0.143. The van der Waals surface area contributed by atoms with Gasteiger partial charge in [0.05, 0.1) is 0 Å². The number of hydrogen-bond donors (Lipinski definition) is 2. The number of piperidine rings is 1. The second-order valence-electron chi connectivity index (χ2n) is 12.1. The molecule has 6 fully saturated rings. The van der Waals surface area contributed by atoms with E-state index in [1.165, 1.54) is 51.5 Å². The van der Waals surface area contributed by atoms with E-state index in [2.05, 4.69) is 22.5 Å². The molecule has 7 aliphatic rings. The van der Waals surface area contributed by atoms with Crippen LogP contribution in [0.2, 0.25) is 0 Å². The lowest BCUT2D eigenvalue weighted by Crippen LogP contribution is -2.82. The second-order valence-corrected chi connectivity index (χ2v) is 12.1. The first-order valence-electron chi connectivity index (χ1n) is 14.0. The van der Waals surface area contributed by atoms with Crippen LogP contribution in [0.4, 0.5) is 0 Å². The molecule has 2 aliphatic heterocycles. The fourth-order valence-corrected chi connectivity index (χ4v) is 9.07. The summed E-state index contributed by atoms with van der Waals surface area (Å²) in [6.07, 6.45) is 12.4. The normalized spacial score (nSPS) is 36.7. The quantitative estimate of drug-likeness (QED) is 0.336. The summed E-state index contributed by atoms with van der Waals surface area (Å²) >= 11 is 0. The molecule has 1 aromatic carbocycles. The number of nitrogens with zero attached hydrogens (tertiary/aromatic N) is 1. The minimum Gasteiger partial charge on any atom is -0.322 e. The van der Waals surface area contributed by atoms with Crippen LogP contribution in [0.3, 0.4) is 0 Å². The first-order valence-corrected chi connectivity index (χ1v) is 14.0. The Labute approximate surface area is 212 Å². The van der Waals surface area contributed by atoms with Crippen molar-refractivity contribution in [1.82, 2.24) is 15.5 Å². The van der Waals surface area contributed by atoms with Gasteiger partial charge in [-0.15, -0.1) is 0 Å². The van der Waals surface area contributed by atoms with Crippen LogP contribution in [0.25, 0.3) is 0 Å². The molecule has 3 amide bonds. The standard InChI is InChI=1S/C30H35N3O3/c34-26-12-11-25(27(35)32-26)33-18-24-19(9-7-10-23(24)28(33)36)8-5-3-1-2-4-6-13-31-30-17-21-14-20-15-22(30)16-29(20,21)30/h7,9-10,20-22,25,31H,1-4,6,11-18H2,(H,32,34,35)/t20?,21?,22?,25?,29-,30?/m0/s1. The fraction of sp³-hybridized carbons (Fsp3) is 0.633. The molecule has 1 saturated heterocycles. The number of benzene rings is 1. The van der Waals surface area contributed by atoms with E-state index in [1.807, 2.05) is 18.2 Å². The molecule has 5 unspecified atom stereocenters. The number of rotatable bonds is 8. The van der Waals surface area contributed by atoms with Crippen LogP contribution in [-0.4, -0.2) is 40.7 Å². The number of hydrogen-bond acceptors (Lipinski definition) is 4. The van der Waals surface area contributed by atoms with Gasteiger partial charge in [0.2, 0.25) is 11.8 Å². The molecular formula is C30H35N3O3. The Morgan fingerprint density at radius 1 is 1.03 bits per heavy atom. The molecule has 5 aliphatic carbocycles. The molecule has 2 N–H and O–H groups in total. The summed E-state index contributed by atoms with van der Waals surface area (Å²) in [6, 6.07) is 5.05. The third-order valence-electron chi connectivity index (χ3n) is 10.7. The summed E-state index contributed by atoms with van der Waals surface area (Å²) in [4.78, 5) is 38.3. The van der Waals surface area contributed by atoms with E-state index in [0.717, 1.165) is 47.1 Å². The van der Waals surface area contributed by atoms with Crippen molar-refractivity contribution in [1.29, 1.82) is 0 Å². The van der Waals surface area contributed by atoms with Gasteiger partial charge in [0, 0.05) is 36.1 Å². The van der Waals surface area contributed by atoms with Gasteiger partial charge in [-0.1, -0.05) is 30.7 Å². The van der Waals surface area contributed by atoms with Crippen molar-refractivity contribution in [3.63, 3.8) is 0 Å². The van der Waals surface area contributed by atoms with Crippen molar-refractivity contribution < 1.29 is 14.4 Å². The van der Waals surface area contributed by atoms with Crippen LogP contribution < -0.4 is 10.6 Å². The number of nitrogens with one attached hydrogen (secondary N) is 2. The van der Waals surface area contributed by atoms with Crippen LogP contribution in [0.1, 0.15) is 92.1 Å². The van der Waals surface area contributed by atoms with Crippen molar-refractivity contribution in [3.8, 4) is 11.8 Å². The van der Waals surface area contributed by atoms with Crippen molar-refractivity contribution in [3.05, 3.63) is 34.9 Å². The minimum atomic E-state index is -0.586. The lowest BCUT2D eigenvalue weighted by molar-refractivity contribution is -0.259. The molecule has 6 atom stereocenters. The number of fused-ring (bicyclic) bond motifs is 1. The third kappa shape index (κ3) is 2.99. The largest absolute Gasteiger partial charge is 0.322 e. The smallest absolute Gasteiger partial charge is 0.255 e. The maximum absolute atomic E-state index is 12.9. The number of carbonyl (C=O) groups is 3. The molecule has 2 heterocycles. The van der Waals surface area contributed by atoms with Crippen molar-refractivity contribution in [2.24, 2.45) is 23.2 Å². The highest BCUT2D eigenvalue weighted by atomic mass is 16.2. The second kappa shape index (κ2) is 8.18. The average Bonchev–Trinajstić information content (AvgIpc) is 3.37. The molecule has 0 radical (unpaired) electrons. The first kappa shape index (κ1) is 22.5. The van der Waals surface area contributed by atoms with E-state index in [1.54, 1.807) is 4.90 Å². The molecule has 0 aromatic heterocycles. The number of imide groups is 1. The molecular weight excluding hydrogens is 450 g/mol. The van der Waals surface area contributed by atoms with Crippen LogP contribution >= 0.6 is 0 Å². The Morgan fingerprint density at radius 2 is 1.89 bits per heavy atom. The van der Waals surface area contributed by atoms with Gasteiger partial charge < -0.3 is 10.2 Å². The summed E-state index contributed by atoms with van der Waals surface area (Å²) in [5, 5.41) is 6.39. The third-order valence-corrected chi connectivity index (χ3v) is 10.7. The monoisotopic (exact) mass is 485 g/mol. The fourth-order valence-electron chi connectivity index (χ4n) is 9.07. The molecule has 2 bridgehead atoms. The van der Waals surface area contributed by atoms with Crippen molar-refractivity contribution in [2.45, 2.75) is 88.8 Å². The molecule has 5 saturated carbocycles. The molecule has 36 heavy (non-hydrogen) atoms. The highest BCUT2D eigenvalue weighted by Crippen LogP contribution is 2.87. The number of amides is 3. The van der Waals surface area contributed by atoms with Crippen LogP contribution in [0, 0.1) is 35.0 Å². The van der Waals surface area contributed by atoms with Crippen LogP contribution in [0.15, 0.2) is 18.2 Å². The van der Waals surface area contributed by atoms with Gasteiger partial charge >= 0.3 is 0 Å². The molecule has 6 heteroatoms. The van der Waals surface area contributed by atoms with Gasteiger partial charge in [0.1, 0.15) is 6.04 Å². The van der Waals surface area contributed by atoms with E-state index in [9.17, 15) is 14.4 Å². The Kier molecular flexibility index (Phi) is 5.12. The Hall–Kier alpha value is -2.65. The van der Waals surface area contributed by atoms with E-state index in [-0.39, 0.29) is 24.1 Å². The van der Waals surface area contributed by atoms with Gasteiger partial charge in [0.25, 0.3) is 5.91 Å². The summed E-state index contributed by atoms with van der Waals surface area (Å²) in [5.74, 6) is 8.93. The van der Waals surface area contributed by atoms with Crippen LogP contribution in [0.5, 0.6) is 0 Å². The van der Waals surface area contributed by atoms with Gasteiger partial charge in [-0.2, -0.15) is 0 Å². The average molecular weight is 486 g/mol. The van der Waals surface area contributed by atoms with Gasteiger partial charge in [0.15, 0.2) is 0 Å². The first-order chi connectivity index (χ1) is 17.5. The van der Waals surface area contributed by atoms with Crippen LogP contribution in [-0.2, 0) is 16.1 Å². The SMILES string of the molecule is O=C1CCC(N2Cc3c(C#CCCCCCCNC45CC6CC7CC4C[C@]765)cccc3C2=O)C(=O)N1. The summed E-state index contributed by atoms with van der Waals surface area (Å²) in [6.45, 7) is 1.56. The summed E-state index contributed by atoms with van der Waals surface area (Å²) < 4.78 is 0. The summed E-state index contributed by atoms with van der Waals surface area (Å²) in [7, 11) is 0. The van der Waals surface area contributed by atoms with E-state index < -0.39 is 6.04 Å². The zero-order chi connectivity index (χ0) is 24.5. The zero-order valence-electron chi connectivity index (χ0n) is 20.9. The Bertz CT molecular complexity index is 1210. The predicted molar refractivity (Wildman–Crippen MR) is 135 cm³/mol. The maximum Gasteiger partial charge on any atom is 0.255 e. The molecule has 8 rings (SSSR count). The lowest BCUT2D eigenvalue weighted by Gasteiger charge is -2.78. The zero-order valence-corrected chi connectivity index (χ0v) is 20.9. The Balaban J connectivity index is 0.865. The van der Waals surface area contributed by atoms with E-state index in [4.69, 9.17) is 0 Å². The summed E-state index contributed by atoms with van der Waals surface area (Å²) in [5.41, 5.74) is 3.73. The molecule has 6 nitrogen and oxygen atoms in total. The lowest BCUT2D eigenvalue weighted by atomic mass is 9.29. The van der Waals surface area contributed by atoms with Gasteiger partial charge in [-0.05, 0) is 92.4 Å². The maximum atomic E-state index is 12.9. The molecule has 188 valence electrons. The predicted octanol–water partition coefficient (Wildman–Crippen LogP) is 3.53.